The van der Waals surface area contributed by atoms with E-state index >= 15 is 0 Å². The lowest BCUT2D eigenvalue weighted by Crippen LogP contribution is -2.61. The Labute approximate surface area is 139 Å². The van der Waals surface area contributed by atoms with Gasteiger partial charge in [-0.15, -0.1) is 6.58 Å². The summed E-state index contributed by atoms with van der Waals surface area (Å²) >= 11 is 0. The van der Waals surface area contributed by atoms with Gasteiger partial charge in [0, 0.05) is 10.5 Å². The molecule has 3 rings (SSSR count). The topological polar surface area (TPSA) is 106 Å². The van der Waals surface area contributed by atoms with E-state index in [2.05, 4.69) is 16.6 Å². The van der Waals surface area contributed by atoms with Gasteiger partial charge in [-0.3, -0.25) is 0 Å². The Morgan fingerprint density at radius 2 is 2.17 bits per heavy atom. The molecule has 8 nitrogen and oxygen atoms in total. The number of azide groups is 1. The Kier molecular flexibility index (Phi) is 5.47. The van der Waals surface area contributed by atoms with Crippen LogP contribution in [0.25, 0.3) is 10.4 Å². The number of fused-ring (bicyclic) bond motifs is 1. The molecule has 6 atom stereocenters. The molecule has 2 saturated heterocycles. The third kappa shape index (κ3) is 3.44. The molecule has 0 amide bonds. The van der Waals surface area contributed by atoms with Gasteiger partial charge in [-0.2, -0.15) is 0 Å². The summed E-state index contributed by atoms with van der Waals surface area (Å²) in [7, 11) is 0. The molecule has 0 aliphatic carbocycles. The largest absolute Gasteiger partial charge is 0.390 e. The number of nitrogens with zero attached hydrogens (tertiary/aromatic N) is 3. The first-order valence-electron chi connectivity index (χ1n) is 7.67. The Morgan fingerprint density at radius 3 is 2.88 bits per heavy atom. The van der Waals surface area contributed by atoms with Crippen LogP contribution in [0.1, 0.15) is 11.9 Å². The van der Waals surface area contributed by atoms with Crippen molar-refractivity contribution in [1.29, 1.82) is 0 Å². The van der Waals surface area contributed by atoms with Gasteiger partial charge in [0.2, 0.25) is 0 Å². The molecule has 2 aliphatic heterocycles. The quantitative estimate of drug-likeness (QED) is 0.384. The van der Waals surface area contributed by atoms with Gasteiger partial charge in [-0.1, -0.05) is 41.5 Å². The summed E-state index contributed by atoms with van der Waals surface area (Å²) in [6, 6.07) is 8.50. The molecule has 1 unspecified atom stereocenters. The molecule has 0 bridgehead atoms. The fourth-order valence-electron chi connectivity index (χ4n) is 2.84. The average Bonchev–Trinajstić information content (AvgIpc) is 2.63. The first kappa shape index (κ1) is 16.9. The molecule has 0 spiro atoms. The number of rotatable bonds is 5. The summed E-state index contributed by atoms with van der Waals surface area (Å²) in [4.78, 5) is 2.78. The van der Waals surface area contributed by atoms with Crippen LogP contribution in [0.15, 0.2) is 48.1 Å². The van der Waals surface area contributed by atoms with Crippen LogP contribution in [0.4, 0.5) is 0 Å². The fraction of sp³-hybridized carbons (Fsp3) is 0.500. The molecule has 0 radical (unpaired) electrons. The maximum atomic E-state index is 10.6. The normalized spacial score (nSPS) is 35.5. The Morgan fingerprint density at radius 1 is 1.38 bits per heavy atom. The maximum absolute atomic E-state index is 10.6. The number of aliphatic hydroxyl groups is 1. The summed E-state index contributed by atoms with van der Waals surface area (Å²) in [6.45, 7) is 4.01. The van der Waals surface area contributed by atoms with Crippen molar-refractivity contribution in [1.82, 2.24) is 0 Å². The van der Waals surface area contributed by atoms with Gasteiger partial charge in [0.15, 0.2) is 12.6 Å². The van der Waals surface area contributed by atoms with E-state index in [9.17, 15) is 5.11 Å². The summed E-state index contributed by atoms with van der Waals surface area (Å²) in [5.74, 6) is 0. The van der Waals surface area contributed by atoms with Crippen LogP contribution in [0, 0.1) is 0 Å². The highest BCUT2D eigenvalue weighted by Gasteiger charge is 2.49. The SMILES string of the molecule is C=CCO[C@H]1O[C@@H]2COC(c3ccccc3)O[C@H]2[C@H](O)[C@@H]1N=[N+]=[N-]. The number of hydrogen-bond acceptors (Lipinski definition) is 6. The molecule has 128 valence electrons. The summed E-state index contributed by atoms with van der Waals surface area (Å²) in [5.41, 5.74) is 9.60. The van der Waals surface area contributed by atoms with Crippen molar-refractivity contribution >= 4 is 0 Å². The van der Waals surface area contributed by atoms with Crippen molar-refractivity contribution in [3.63, 3.8) is 0 Å². The van der Waals surface area contributed by atoms with E-state index in [1.54, 1.807) is 6.08 Å². The van der Waals surface area contributed by atoms with Crippen molar-refractivity contribution in [3.8, 4) is 0 Å². The maximum Gasteiger partial charge on any atom is 0.184 e. The molecule has 1 N–H and O–H groups in total. The average molecular weight is 333 g/mol. The molecular formula is C16H19N3O5. The highest BCUT2D eigenvalue weighted by atomic mass is 16.7. The molecule has 2 aliphatic rings. The minimum absolute atomic E-state index is 0.209. The van der Waals surface area contributed by atoms with Gasteiger partial charge >= 0.3 is 0 Å². The number of hydrogen-bond donors (Lipinski definition) is 1. The van der Waals surface area contributed by atoms with E-state index in [0.29, 0.717) is 0 Å². The second kappa shape index (κ2) is 7.76. The summed E-state index contributed by atoms with van der Waals surface area (Å²) < 4.78 is 22.8. The first-order valence-corrected chi connectivity index (χ1v) is 7.67. The molecule has 0 aromatic heterocycles. The van der Waals surface area contributed by atoms with Crippen molar-refractivity contribution in [2.45, 2.75) is 36.9 Å². The molecule has 0 saturated carbocycles. The van der Waals surface area contributed by atoms with Crippen LogP contribution in [0.3, 0.4) is 0 Å². The second-order valence-electron chi connectivity index (χ2n) is 5.53. The molecule has 2 heterocycles. The van der Waals surface area contributed by atoms with Gasteiger partial charge in [-0.05, 0) is 5.53 Å². The number of aliphatic hydroxyl groups excluding tert-OH is 1. The number of ether oxygens (including phenoxy) is 4. The van der Waals surface area contributed by atoms with E-state index in [1.165, 1.54) is 0 Å². The third-order valence-electron chi connectivity index (χ3n) is 3.97. The monoisotopic (exact) mass is 333 g/mol. The Hall–Kier alpha value is -1.93. The van der Waals surface area contributed by atoms with Crippen LogP contribution in [-0.4, -0.2) is 49.0 Å². The standard InChI is InChI=1S/C16H19N3O5/c1-2-8-21-16-12(18-19-17)13(20)14-11(23-16)9-22-15(24-14)10-6-4-3-5-7-10/h2-7,11-16,20H,1,8-9H2/t11-,12+,13-,14-,15?,16+/m1/s1. The predicted molar refractivity (Wildman–Crippen MR) is 83.8 cm³/mol. The van der Waals surface area contributed by atoms with Gasteiger partial charge in [0.05, 0.1) is 19.3 Å². The summed E-state index contributed by atoms with van der Waals surface area (Å²) in [5, 5.41) is 14.2. The van der Waals surface area contributed by atoms with Crippen LogP contribution < -0.4 is 0 Å². The lowest BCUT2D eigenvalue weighted by atomic mass is 9.96. The highest BCUT2D eigenvalue weighted by molar-refractivity contribution is 5.16. The minimum atomic E-state index is -1.07. The van der Waals surface area contributed by atoms with Gasteiger partial charge in [-0.25, -0.2) is 0 Å². The van der Waals surface area contributed by atoms with E-state index in [1.807, 2.05) is 30.3 Å². The molecule has 1 aromatic carbocycles. The lowest BCUT2D eigenvalue weighted by Gasteiger charge is -2.46. The summed E-state index contributed by atoms with van der Waals surface area (Å²) in [6.07, 6.45) is -2.19. The molecule has 24 heavy (non-hydrogen) atoms. The molecule has 1 aromatic rings. The van der Waals surface area contributed by atoms with Gasteiger partial charge < -0.3 is 24.1 Å². The van der Waals surface area contributed by atoms with Crippen molar-refractivity contribution in [2.24, 2.45) is 5.11 Å². The van der Waals surface area contributed by atoms with Crippen LogP contribution in [0.2, 0.25) is 0 Å². The van der Waals surface area contributed by atoms with Crippen molar-refractivity contribution in [3.05, 3.63) is 59.0 Å². The van der Waals surface area contributed by atoms with Crippen LogP contribution in [-0.2, 0) is 18.9 Å². The first-order chi connectivity index (χ1) is 11.7. The van der Waals surface area contributed by atoms with Crippen LogP contribution >= 0.6 is 0 Å². The van der Waals surface area contributed by atoms with E-state index in [4.69, 9.17) is 24.5 Å². The zero-order chi connectivity index (χ0) is 16.9. The fourth-order valence-corrected chi connectivity index (χ4v) is 2.84. The molecule has 8 heteroatoms. The Balaban J connectivity index is 1.76. The van der Waals surface area contributed by atoms with Crippen molar-refractivity contribution < 1.29 is 24.1 Å². The van der Waals surface area contributed by atoms with Crippen molar-refractivity contribution in [2.75, 3.05) is 13.2 Å². The lowest BCUT2D eigenvalue weighted by molar-refractivity contribution is -0.340. The second-order valence-corrected chi connectivity index (χ2v) is 5.53. The zero-order valence-electron chi connectivity index (χ0n) is 13.0. The molecular weight excluding hydrogens is 314 g/mol. The molecule has 2 fully saturated rings. The Bertz CT molecular complexity index is 607. The highest BCUT2D eigenvalue weighted by Crippen LogP contribution is 2.35. The van der Waals surface area contributed by atoms with E-state index in [-0.39, 0.29) is 13.2 Å². The third-order valence-corrected chi connectivity index (χ3v) is 3.97. The zero-order valence-corrected chi connectivity index (χ0v) is 13.0. The van der Waals surface area contributed by atoms with E-state index in [0.717, 1.165) is 5.56 Å². The predicted octanol–water partition coefficient (Wildman–Crippen LogP) is 2.07. The smallest absolute Gasteiger partial charge is 0.184 e. The van der Waals surface area contributed by atoms with E-state index < -0.39 is 36.9 Å². The minimum Gasteiger partial charge on any atom is -0.390 e. The number of benzene rings is 1. The van der Waals surface area contributed by atoms with Gasteiger partial charge in [0.1, 0.15) is 18.2 Å². The van der Waals surface area contributed by atoms with Crippen LogP contribution in [0.5, 0.6) is 0 Å². The van der Waals surface area contributed by atoms with Gasteiger partial charge in [0.25, 0.3) is 0 Å².